The molecule has 1 atom stereocenters. The second kappa shape index (κ2) is 8.29. The van der Waals surface area contributed by atoms with Gasteiger partial charge in [-0.25, -0.2) is 0 Å². The summed E-state index contributed by atoms with van der Waals surface area (Å²) in [6.45, 7) is 6.90. The second-order valence-electron chi connectivity index (χ2n) is 8.56. The smallest absolute Gasteiger partial charge is 0.240 e. The molecule has 0 N–H and O–H groups in total. The fraction of sp³-hybridized carbons (Fsp3) is 0.524. The molecule has 1 saturated heterocycles. The average molecular weight is 450 g/mol. The number of rotatable bonds is 5. The third-order valence-corrected chi connectivity index (χ3v) is 6.46. The Morgan fingerprint density at radius 3 is 2.67 bits per heavy atom. The zero-order valence-electron chi connectivity index (χ0n) is 17.0. The highest BCUT2D eigenvalue weighted by molar-refractivity contribution is 6.30. The minimum Gasteiger partial charge on any atom is -0.339 e. The Morgan fingerprint density at radius 2 is 1.97 bits per heavy atom. The Labute approximate surface area is 186 Å². The van der Waals surface area contributed by atoms with Gasteiger partial charge < -0.3 is 9.05 Å². The van der Waals surface area contributed by atoms with Crippen molar-refractivity contribution in [3.8, 4) is 11.4 Å². The van der Waals surface area contributed by atoms with Gasteiger partial charge >= 0.3 is 0 Å². The number of benzene rings is 1. The van der Waals surface area contributed by atoms with Crippen molar-refractivity contribution >= 4 is 24.0 Å². The summed E-state index contributed by atoms with van der Waals surface area (Å²) >= 11 is 6.08. The quantitative estimate of drug-likeness (QED) is 0.536. The van der Waals surface area contributed by atoms with Crippen LogP contribution < -0.4 is 0 Å². The maximum absolute atomic E-state index is 6.08. The van der Waals surface area contributed by atoms with Crippen molar-refractivity contribution in [3.05, 3.63) is 46.9 Å². The van der Waals surface area contributed by atoms with Crippen LogP contribution in [0.2, 0.25) is 5.02 Å². The number of likely N-dealkylation sites (tertiary alicyclic amines) is 1. The van der Waals surface area contributed by atoms with Crippen LogP contribution in [-0.2, 0) is 6.54 Å². The van der Waals surface area contributed by atoms with Gasteiger partial charge in [0, 0.05) is 22.4 Å². The molecule has 1 unspecified atom stereocenters. The van der Waals surface area contributed by atoms with E-state index < -0.39 is 0 Å². The number of aromatic nitrogens is 4. The maximum Gasteiger partial charge on any atom is 0.240 e. The standard InChI is InChI=1S/C21H24ClN5O2.ClH/c1-13(2)18-23-17(28-25-18)12-27-8-6-21(7-9-27)11-16(21)20-24-19(26-29-20)14-4-3-5-15(22)10-14;/h3-5,10,13,16H,6-9,11-12H2,1-2H3;1H. The van der Waals surface area contributed by atoms with Crippen molar-refractivity contribution in [2.24, 2.45) is 5.41 Å². The van der Waals surface area contributed by atoms with Crippen LogP contribution in [0.25, 0.3) is 11.4 Å². The molecule has 3 aromatic rings. The van der Waals surface area contributed by atoms with Gasteiger partial charge in [0.1, 0.15) is 0 Å². The fourth-order valence-corrected chi connectivity index (χ4v) is 4.48. The SMILES string of the molecule is CC(C)c1noc(CN2CCC3(CC2)CC3c2nc(-c3cccc(Cl)c3)no2)n1.Cl. The lowest BCUT2D eigenvalue weighted by Crippen LogP contribution is -2.34. The predicted octanol–water partition coefficient (Wildman–Crippen LogP) is 5.09. The summed E-state index contributed by atoms with van der Waals surface area (Å²) < 4.78 is 11.0. The lowest BCUT2D eigenvalue weighted by molar-refractivity contribution is 0.144. The topological polar surface area (TPSA) is 81.1 Å². The molecule has 2 fully saturated rings. The highest BCUT2D eigenvalue weighted by atomic mass is 35.5. The van der Waals surface area contributed by atoms with Gasteiger partial charge in [-0.15, -0.1) is 12.4 Å². The summed E-state index contributed by atoms with van der Waals surface area (Å²) in [5.74, 6) is 3.51. The van der Waals surface area contributed by atoms with Crippen LogP contribution in [0.3, 0.4) is 0 Å². The normalized spacial score (nSPS) is 20.5. The van der Waals surface area contributed by atoms with Gasteiger partial charge in [0.05, 0.1) is 6.54 Å². The molecule has 0 radical (unpaired) electrons. The Bertz CT molecular complexity index is 1010. The molecule has 0 amide bonds. The molecule has 2 aromatic heterocycles. The van der Waals surface area contributed by atoms with E-state index in [1.54, 1.807) is 0 Å². The molecular formula is C21H25Cl2N5O2. The lowest BCUT2D eigenvalue weighted by atomic mass is 9.91. The molecular weight excluding hydrogens is 425 g/mol. The number of halogens is 2. The first-order valence-electron chi connectivity index (χ1n) is 10.2. The molecule has 1 spiro atoms. The molecule has 160 valence electrons. The van der Waals surface area contributed by atoms with Gasteiger partial charge in [-0.05, 0) is 49.9 Å². The van der Waals surface area contributed by atoms with Crippen LogP contribution in [-0.4, -0.2) is 38.3 Å². The van der Waals surface area contributed by atoms with Crippen molar-refractivity contribution in [2.45, 2.75) is 51.5 Å². The van der Waals surface area contributed by atoms with Crippen LogP contribution in [0, 0.1) is 5.41 Å². The first kappa shape index (κ1) is 21.3. The highest BCUT2D eigenvalue weighted by Crippen LogP contribution is 2.64. The molecule has 1 aliphatic carbocycles. The molecule has 9 heteroatoms. The Morgan fingerprint density at radius 1 is 1.17 bits per heavy atom. The van der Waals surface area contributed by atoms with Gasteiger partial charge in [-0.3, -0.25) is 4.90 Å². The van der Waals surface area contributed by atoms with E-state index in [0.717, 1.165) is 56.2 Å². The van der Waals surface area contributed by atoms with Crippen molar-refractivity contribution in [1.82, 2.24) is 25.2 Å². The van der Waals surface area contributed by atoms with Gasteiger partial charge in [0.15, 0.2) is 5.82 Å². The van der Waals surface area contributed by atoms with Gasteiger partial charge in [0.25, 0.3) is 0 Å². The molecule has 7 nitrogen and oxygen atoms in total. The van der Waals surface area contributed by atoms with E-state index in [2.05, 4.69) is 39.0 Å². The van der Waals surface area contributed by atoms with E-state index in [9.17, 15) is 0 Å². The molecule has 2 aliphatic rings. The van der Waals surface area contributed by atoms with Crippen molar-refractivity contribution < 1.29 is 9.05 Å². The minimum absolute atomic E-state index is 0. The number of nitrogens with zero attached hydrogens (tertiary/aromatic N) is 5. The van der Waals surface area contributed by atoms with Crippen molar-refractivity contribution in [1.29, 1.82) is 0 Å². The number of piperidine rings is 1. The number of hydrogen-bond acceptors (Lipinski definition) is 7. The number of hydrogen-bond donors (Lipinski definition) is 0. The molecule has 3 heterocycles. The summed E-state index contributed by atoms with van der Waals surface area (Å²) in [4.78, 5) is 11.5. The van der Waals surface area contributed by atoms with E-state index in [-0.39, 0.29) is 18.3 Å². The highest BCUT2D eigenvalue weighted by Gasteiger charge is 2.58. The third-order valence-electron chi connectivity index (χ3n) is 6.22. The summed E-state index contributed by atoms with van der Waals surface area (Å²) in [5, 5.41) is 8.90. The van der Waals surface area contributed by atoms with Crippen molar-refractivity contribution in [2.75, 3.05) is 13.1 Å². The predicted molar refractivity (Wildman–Crippen MR) is 115 cm³/mol. The Kier molecular flexibility index (Phi) is 5.88. The van der Waals surface area contributed by atoms with Crippen LogP contribution in [0.5, 0.6) is 0 Å². The molecule has 30 heavy (non-hydrogen) atoms. The largest absolute Gasteiger partial charge is 0.339 e. The van der Waals surface area contributed by atoms with Gasteiger partial charge in [-0.1, -0.05) is 47.9 Å². The Balaban J connectivity index is 0.00000218. The fourth-order valence-electron chi connectivity index (χ4n) is 4.29. The van der Waals surface area contributed by atoms with Crippen LogP contribution >= 0.6 is 24.0 Å². The zero-order chi connectivity index (χ0) is 20.0. The average Bonchev–Trinajstić information content (AvgIpc) is 3.08. The summed E-state index contributed by atoms with van der Waals surface area (Å²) in [6, 6.07) is 7.55. The zero-order valence-corrected chi connectivity index (χ0v) is 18.6. The van der Waals surface area contributed by atoms with Crippen LogP contribution in [0.15, 0.2) is 33.3 Å². The molecule has 5 rings (SSSR count). The van der Waals surface area contributed by atoms with E-state index in [1.165, 1.54) is 0 Å². The van der Waals surface area contributed by atoms with Crippen molar-refractivity contribution in [3.63, 3.8) is 0 Å². The minimum atomic E-state index is 0. The van der Waals surface area contributed by atoms with E-state index in [4.69, 9.17) is 20.6 Å². The van der Waals surface area contributed by atoms with Crippen LogP contribution in [0.4, 0.5) is 0 Å². The maximum atomic E-state index is 6.08. The first-order chi connectivity index (χ1) is 14.0. The molecule has 1 aromatic carbocycles. The van der Waals surface area contributed by atoms with E-state index in [0.29, 0.717) is 28.1 Å². The van der Waals surface area contributed by atoms with Gasteiger partial charge in [0.2, 0.25) is 17.6 Å². The summed E-state index contributed by atoms with van der Waals surface area (Å²) in [5.41, 5.74) is 1.18. The molecule has 0 bridgehead atoms. The van der Waals surface area contributed by atoms with Gasteiger partial charge in [-0.2, -0.15) is 9.97 Å². The molecule has 1 aliphatic heterocycles. The molecule has 1 saturated carbocycles. The monoisotopic (exact) mass is 449 g/mol. The lowest BCUT2D eigenvalue weighted by Gasteiger charge is -2.31. The third kappa shape index (κ3) is 4.11. The Hall–Kier alpha value is -1.96. The van der Waals surface area contributed by atoms with E-state index in [1.807, 2.05) is 24.3 Å². The summed E-state index contributed by atoms with van der Waals surface area (Å²) in [7, 11) is 0. The first-order valence-corrected chi connectivity index (χ1v) is 10.5. The summed E-state index contributed by atoms with van der Waals surface area (Å²) in [6.07, 6.45) is 3.37. The van der Waals surface area contributed by atoms with Crippen LogP contribution in [0.1, 0.15) is 62.6 Å². The van der Waals surface area contributed by atoms with E-state index >= 15 is 0 Å². The second-order valence-corrected chi connectivity index (χ2v) is 9.00.